The third-order valence-corrected chi connectivity index (χ3v) is 4.09. The number of rotatable bonds is 5. The molecule has 0 amide bonds. The largest absolute Gasteiger partial charge is 0.481 e. The van der Waals surface area contributed by atoms with E-state index in [1.165, 1.54) is 0 Å². The minimum atomic E-state index is -0.667. The van der Waals surface area contributed by atoms with E-state index in [0.717, 1.165) is 19.3 Å². The third-order valence-electron chi connectivity index (χ3n) is 2.47. The Labute approximate surface area is 82.5 Å². The predicted octanol–water partition coefficient (Wildman–Crippen LogP) is 1.35. The summed E-state index contributed by atoms with van der Waals surface area (Å²) in [4.78, 5) is 10.7. The van der Waals surface area contributed by atoms with Gasteiger partial charge in [0.25, 0.3) is 0 Å². The van der Waals surface area contributed by atoms with Crippen molar-refractivity contribution in [3.8, 4) is 0 Å². The molecule has 1 aliphatic rings. The Bertz CT molecular complexity index is 184. The van der Waals surface area contributed by atoms with Crippen molar-refractivity contribution in [1.82, 2.24) is 0 Å². The molecule has 3 unspecified atom stereocenters. The second kappa shape index (κ2) is 4.86. The molecule has 0 aromatic heterocycles. The van der Waals surface area contributed by atoms with Crippen molar-refractivity contribution in [1.29, 1.82) is 0 Å². The normalized spacial score (nSPS) is 29.4. The van der Waals surface area contributed by atoms with Crippen molar-refractivity contribution in [2.24, 2.45) is 5.92 Å². The highest BCUT2D eigenvalue weighted by Gasteiger charge is 2.37. The molecule has 3 nitrogen and oxygen atoms in total. The number of aliphatic hydroxyl groups is 1. The van der Waals surface area contributed by atoms with E-state index in [-0.39, 0.29) is 17.8 Å². The summed E-state index contributed by atoms with van der Waals surface area (Å²) in [5, 5.41) is 18.1. The fraction of sp³-hybridized carbons (Fsp3) is 0.889. The molecule has 13 heavy (non-hydrogen) atoms. The van der Waals surface area contributed by atoms with Crippen molar-refractivity contribution in [2.75, 3.05) is 6.61 Å². The molecule has 0 aromatic carbocycles. The third kappa shape index (κ3) is 2.88. The lowest BCUT2D eigenvalue weighted by atomic mass is 9.85. The highest BCUT2D eigenvalue weighted by molar-refractivity contribution is 8.00. The standard InChI is InChI=1S/C9H16O3S/c1-6(4-5-10)13-8-3-2-7(8)9(11)12/h6-8,10H,2-5H2,1H3,(H,11,12). The first-order valence-electron chi connectivity index (χ1n) is 4.64. The maximum Gasteiger partial charge on any atom is 0.307 e. The molecule has 1 rings (SSSR count). The average Bonchev–Trinajstić information content (AvgIpc) is 1.97. The second-order valence-corrected chi connectivity index (χ2v) is 5.20. The van der Waals surface area contributed by atoms with Gasteiger partial charge in [-0.1, -0.05) is 6.92 Å². The lowest BCUT2D eigenvalue weighted by Crippen LogP contribution is -2.36. The van der Waals surface area contributed by atoms with Crippen molar-refractivity contribution in [3.63, 3.8) is 0 Å². The molecule has 1 aliphatic carbocycles. The summed E-state index contributed by atoms with van der Waals surface area (Å²) in [6, 6.07) is 0. The molecule has 1 fully saturated rings. The van der Waals surface area contributed by atoms with Gasteiger partial charge in [-0.3, -0.25) is 4.79 Å². The van der Waals surface area contributed by atoms with Crippen molar-refractivity contribution in [2.45, 2.75) is 36.7 Å². The van der Waals surface area contributed by atoms with Gasteiger partial charge in [0, 0.05) is 17.1 Å². The number of thioether (sulfide) groups is 1. The van der Waals surface area contributed by atoms with Crippen LogP contribution in [0.2, 0.25) is 0 Å². The number of carboxylic acid groups (broad SMARTS) is 1. The first-order chi connectivity index (χ1) is 6.15. The van der Waals surface area contributed by atoms with Gasteiger partial charge >= 0.3 is 5.97 Å². The SMILES string of the molecule is CC(CCO)SC1CCC1C(=O)O. The van der Waals surface area contributed by atoms with Crippen LogP contribution in [0.4, 0.5) is 0 Å². The van der Waals surface area contributed by atoms with E-state index in [2.05, 4.69) is 0 Å². The molecule has 4 heteroatoms. The van der Waals surface area contributed by atoms with Gasteiger partial charge in [-0.2, -0.15) is 11.8 Å². The summed E-state index contributed by atoms with van der Waals surface area (Å²) in [6.45, 7) is 2.23. The van der Waals surface area contributed by atoms with Crippen LogP contribution in [0.5, 0.6) is 0 Å². The smallest absolute Gasteiger partial charge is 0.307 e. The van der Waals surface area contributed by atoms with Crippen LogP contribution >= 0.6 is 11.8 Å². The van der Waals surface area contributed by atoms with Gasteiger partial charge in [0.2, 0.25) is 0 Å². The van der Waals surface area contributed by atoms with Crippen molar-refractivity contribution >= 4 is 17.7 Å². The quantitative estimate of drug-likeness (QED) is 0.710. The zero-order chi connectivity index (χ0) is 9.84. The molecule has 2 N–H and O–H groups in total. The Morgan fingerprint density at radius 1 is 1.62 bits per heavy atom. The highest BCUT2D eigenvalue weighted by atomic mass is 32.2. The molecule has 0 aliphatic heterocycles. The van der Waals surface area contributed by atoms with Crippen LogP contribution in [0.25, 0.3) is 0 Å². The summed E-state index contributed by atoms with van der Waals surface area (Å²) in [6.07, 6.45) is 2.59. The van der Waals surface area contributed by atoms with E-state index in [1.54, 1.807) is 11.8 Å². The maximum atomic E-state index is 10.7. The van der Waals surface area contributed by atoms with E-state index < -0.39 is 5.97 Å². The molecular weight excluding hydrogens is 188 g/mol. The minimum absolute atomic E-state index is 0.147. The van der Waals surface area contributed by atoms with Crippen molar-refractivity contribution in [3.05, 3.63) is 0 Å². The average molecular weight is 204 g/mol. The Morgan fingerprint density at radius 3 is 2.69 bits per heavy atom. The summed E-state index contributed by atoms with van der Waals surface area (Å²) in [7, 11) is 0. The second-order valence-electron chi connectivity index (χ2n) is 3.52. The fourth-order valence-electron chi connectivity index (χ4n) is 1.46. The lowest BCUT2D eigenvalue weighted by molar-refractivity contribution is -0.144. The molecular formula is C9H16O3S. The molecule has 1 saturated carbocycles. The van der Waals surface area contributed by atoms with Gasteiger partial charge in [-0.15, -0.1) is 0 Å². The van der Waals surface area contributed by atoms with E-state index >= 15 is 0 Å². The van der Waals surface area contributed by atoms with E-state index in [4.69, 9.17) is 10.2 Å². The Balaban J connectivity index is 2.25. The van der Waals surface area contributed by atoms with E-state index in [0.29, 0.717) is 5.25 Å². The monoisotopic (exact) mass is 204 g/mol. The fourth-order valence-corrected chi connectivity index (χ4v) is 3.02. The van der Waals surface area contributed by atoms with E-state index in [9.17, 15) is 4.79 Å². The van der Waals surface area contributed by atoms with Gasteiger partial charge in [-0.05, 0) is 19.3 Å². The molecule has 0 heterocycles. The predicted molar refractivity (Wildman–Crippen MR) is 52.9 cm³/mol. The zero-order valence-corrected chi connectivity index (χ0v) is 8.59. The Hall–Kier alpha value is -0.220. The summed E-state index contributed by atoms with van der Waals surface area (Å²) in [5.74, 6) is -0.814. The molecule has 3 atom stereocenters. The van der Waals surface area contributed by atoms with Crippen LogP contribution in [0, 0.1) is 5.92 Å². The van der Waals surface area contributed by atoms with Crippen LogP contribution in [0.15, 0.2) is 0 Å². The van der Waals surface area contributed by atoms with Gasteiger partial charge in [0.05, 0.1) is 5.92 Å². The van der Waals surface area contributed by atoms with Gasteiger partial charge in [0.1, 0.15) is 0 Å². The van der Waals surface area contributed by atoms with Gasteiger partial charge < -0.3 is 10.2 Å². The number of aliphatic hydroxyl groups excluding tert-OH is 1. The molecule has 0 bridgehead atoms. The Kier molecular flexibility index (Phi) is 4.06. The number of hydrogen-bond donors (Lipinski definition) is 2. The van der Waals surface area contributed by atoms with Gasteiger partial charge in [-0.25, -0.2) is 0 Å². The number of aliphatic carboxylic acids is 1. The molecule has 0 spiro atoms. The molecule has 0 aromatic rings. The van der Waals surface area contributed by atoms with Gasteiger partial charge in [0.15, 0.2) is 0 Å². The molecule has 0 saturated heterocycles. The molecule has 0 radical (unpaired) electrons. The highest BCUT2D eigenvalue weighted by Crippen LogP contribution is 2.40. The maximum absolute atomic E-state index is 10.7. The summed E-state index contributed by atoms with van der Waals surface area (Å²) in [5.41, 5.74) is 0. The van der Waals surface area contributed by atoms with Crippen LogP contribution in [0.3, 0.4) is 0 Å². The summed E-state index contributed by atoms with van der Waals surface area (Å²) < 4.78 is 0. The van der Waals surface area contributed by atoms with Crippen LogP contribution in [-0.2, 0) is 4.79 Å². The first kappa shape index (κ1) is 10.9. The molecule has 76 valence electrons. The minimum Gasteiger partial charge on any atom is -0.481 e. The van der Waals surface area contributed by atoms with Crippen molar-refractivity contribution < 1.29 is 15.0 Å². The Morgan fingerprint density at radius 2 is 2.31 bits per heavy atom. The van der Waals surface area contributed by atoms with Crippen LogP contribution in [0.1, 0.15) is 26.2 Å². The lowest BCUT2D eigenvalue weighted by Gasteiger charge is -2.34. The zero-order valence-electron chi connectivity index (χ0n) is 7.77. The number of hydrogen-bond acceptors (Lipinski definition) is 3. The number of carbonyl (C=O) groups is 1. The topological polar surface area (TPSA) is 57.5 Å². The van der Waals surface area contributed by atoms with Crippen LogP contribution < -0.4 is 0 Å². The van der Waals surface area contributed by atoms with Crippen LogP contribution in [-0.4, -0.2) is 33.3 Å². The summed E-state index contributed by atoms with van der Waals surface area (Å²) >= 11 is 1.71. The van der Waals surface area contributed by atoms with E-state index in [1.807, 2.05) is 6.92 Å². The number of carboxylic acids is 1. The first-order valence-corrected chi connectivity index (χ1v) is 5.58.